The van der Waals surface area contributed by atoms with Crippen LogP contribution in [0.2, 0.25) is 0 Å². The van der Waals surface area contributed by atoms with E-state index in [4.69, 9.17) is 9.47 Å². The third kappa shape index (κ3) is 4.49. The summed E-state index contributed by atoms with van der Waals surface area (Å²) < 4.78 is 11.5. The first kappa shape index (κ1) is 23.7. The first-order valence-corrected chi connectivity index (χ1v) is 11.3. The average molecular weight is 468 g/mol. The van der Waals surface area contributed by atoms with Crippen LogP contribution < -0.4 is 15.7 Å². The predicted molar refractivity (Wildman–Crippen MR) is 128 cm³/mol. The van der Waals surface area contributed by atoms with E-state index in [1.54, 1.807) is 19.4 Å². The number of carboxylic acids is 1. The van der Waals surface area contributed by atoms with Crippen LogP contribution in [-0.2, 0) is 11.3 Å². The number of nitrogens with zero attached hydrogens (tertiary/aromatic N) is 1. The number of aryl methyl sites for hydroxylation is 1. The number of hydrogen-bond acceptors (Lipinski definition) is 6. The Balaban J connectivity index is 1.80. The number of ether oxygens (including phenoxy) is 2. The molecule has 2 atom stereocenters. The number of nitrogens with one attached hydrogen (secondary N) is 2. The van der Waals surface area contributed by atoms with E-state index in [0.29, 0.717) is 42.8 Å². The lowest BCUT2D eigenvalue weighted by Gasteiger charge is -2.39. The number of carboxylic acid groups (broad SMARTS) is 1. The second-order valence-corrected chi connectivity index (χ2v) is 8.52. The minimum Gasteiger partial charge on any atom is -0.496 e. The van der Waals surface area contributed by atoms with Crippen molar-refractivity contribution in [2.24, 2.45) is 0 Å². The van der Waals surface area contributed by atoms with Gasteiger partial charge < -0.3 is 24.5 Å². The standard InChI is InChI=1S/C25H29N3O6/c1-4-34-15-8-10-28(19(12-15)16-5-6-18(25(31)32)27-24(16)30)13-17-21(33-3)11-14(2)23-22(17)20(29)7-9-26-23/h5-7,9,11,15,19H,4,8,10,12-13H2,1-3H3,(H,26,29)(H,27,30)(H,31,32)/t15-,19-/m0/s1. The van der Waals surface area contributed by atoms with E-state index in [9.17, 15) is 19.5 Å². The van der Waals surface area contributed by atoms with Crippen LogP contribution in [0.5, 0.6) is 5.75 Å². The molecule has 0 spiro atoms. The van der Waals surface area contributed by atoms with Crippen LogP contribution in [0, 0.1) is 6.92 Å². The molecule has 1 aliphatic heterocycles. The van der Waals surface area contributed by atoms with Gasteiger partial charge in [-0.1, -0.05) is 0 Å². The Morgan fingerprint density at radius 2 is 2.06 bits per heavy atom. The number of benzene rings is 1. The van der Waals surface area contributed by atoms with Crippen LogP contribution in [0.3, 0.4) is 0 Å². The summed E-state index contributed by atoms with van der Waals surface area (Å²) in [6.07, 6.45) is 2.96. The summed E-state index contributed by atoms with van der Waals surface area (Å²) in [6.45, 7) is 5.45. The third-order valence-electron chi connectivity index (χ3n) is 6.48. The molecule has 4 rings (SSSR count). The van der Waals surface area contributed by atoms with Crippen molar-refractivity contribution in [2.45, 2.75) is 45.4 Å². The van der Waals surface area contributed by atoms with Crippen molar-refractivity contribution < 1.29 is 19.4 Å². The van der Waals surface area contributed by atoms with Gasteiger partial charge in [0, 0.05) is 49.1 Å². The van der Waals surface area contributed by atoms with Gasteiger partial charge in [-0.25, -0.2) is 4.79 Å². The molecular formula is C25H29N3O6. The van der Waals surface area contributed by atoms with Gasteiger partial charge in [0.1, 0.15) is 11.4 Å². The maximum absolute atomic E-state index is 12.9. The number of fused-ring (bicyclic) bond motifs is 1. The topological polar surface area (TPSA) is 125 Å². The lowest BCUT2D eigenvalue weighted by atomic mass is 9.92. The summed E-state index contributed by atoms with van der Waals surface area (Å²) in [5.74, 6) is -0.575. The Morgan fingerprint density at radius 1 is 1.26 bits per heavy atom. The Bertz CT molecular complexity index is 1330. The van der Waals surface area contributed by atoms with Crippen LogP contribution in [-0.4, -0.2) is 52.3 Å². The molecule has 0 saturated carbocycles. The van der Waals surface area contributed by atoms with Crippen molar-refractivity contribution in [3.8, 4) is 5.75 Å². The number of rotatable bonds is 7. The number of aromatic carboxylic acids is 1. The molecule has 0 unspecified atom stereocenters. The fraction of sp³-hybridized carbons (Fsp3) is 0.400. The Morgan fingerprint density at radius 3 is 2.74 bits per heavy atom. The van der Waals surface area contributed by atoms with Crippen LogP contribution in [0.4, 0.5) is 0 Å². The summed E-state index contributed by atoms with van der Waals surface area (Å²) in [5, 5.41) is 9.80. The van der Waals surface area contributed by atoms with Gasteiger partial charge in [0.15, 0.2) is 5.43 Å². The molecule has 0 aliphatic carbocycles. The molecule has 2 aromatic heterocycles. The number of likely N-dealkylation sites (tertiary alicyclic amines) is 1. The van der Waals surface area contributed by atoms with Crippen molar-refractivity contribution in [2.75, 3.05) is 20.3 Å². The summed E-state index contributed by atoms with van der Waals surface area (Å²) in [7, 11) is 1.58. The summed E-state index contributed by atoms with van der Waals surface area (Å²) in [6, 6.07) is 6.07. The van der Waals surface area contributed by atoms with Gasteiger partial charge in [0.05, 0.1) is 24.1 Å². The second-order valence-electron chi connectivity index (χ2n) is 8.52. The first-order chi connectivity index (χ1) is 16.3. The molecule has 34 heavy (non-hydrogen) atoms. The van der Waals surface area contributed by atoms with E-state index < -0.39 is 11.5 Å². The Labute approximate surface area is 196 Å². The zero-order valence-electron chi connectivity index (χ0n) is 19.5. The van der Waals surface area contributed by atoms with E-state index in [1.807, 2.05) is 19.9 Å². The fourth-order valence-electron chi connectivity index (χ4n) is 4.86. The molecule has 0 radical (unpaired) electrons. The average Bonchev–Trinajstić information content (AvgIpc) is 2.81. The van der Waals surface area contributed by atoms with E-state index in [2.05, 4.69) is 14.9 Å². The van der Waals surface area contributed by atoms with Gasteiger partial charge in [-0.3, -0.25) is 14.5 Å². The summed E-state index contributed by atoms with van der Waals surface area (Å²) in [5.41, 5.74) is 2.19. The highest BCUT2D eigenvalue weighted by Crippen LogP contribution is 2.36. The van der Waals surface area contributed by atoms with Gasteiger partial charge in [-0.2, -0.15) is 0 Å². The number of methoxy groups -OCH3 is 1. The number of pyridine rings is 2. The van der Waals surface area contributed by atoms with Gasteiger partial charge in [0.25, 0.3) is 5.56 Å². The Hall–Kier alpha value is -3.43. The maximum Gasteiger partial charge on any atom is 0.352 e. The van der Waals surface area contributed by atoms with Crippen molar-refractivity contribution >= 4 is 16.9 Å². The van der Waals surface area contributed by atoms with Crippen LogP contribution >= 0.6 is 0 Å². The third-order valence-corrected chi connectivity index (χ3v) is 6.48. The van der Waals surface area contributed by atoms with E-state index >= 15 is 0 Å². The molecule has 1 aliphatic rings. The van der Waals surface area contributed by atoms with Crippen molar-refractivity contribution in [1.29, 1.82) is 0 Å². The SMILES string of the molecule is CCO[C@H]1CCN(Cc2c(OC)cc(C)c3[nH]ccc(=O)c23)[C@H](c2ccc(C(=O)O)[nH]c2=O)C1. The summed E-state index contributed by atoms with van der Waals surface area (Å²) >= 11 is 0. The van der Waals surface area contributed by atoms with Crippen LogP contribution in [0.25, 0.3) is 10.9 Å². The van der Waals surface area contributed by atoms with E-state index in [0.717, 1.165) is 23.1 Å². The second kappa shape index (κ2) is 9.82. The molecule has 1 aromatic carbocycles. The highest BCUT2D eigenvalue weighted by Gasteiger charge is 2.33. The smallest absolute Gasteiger partial charge is 0.352 e. The number of hydrogen-bond donors (Lipinski definition) is 3. The van der Waals surface area contributed by atoms with Crippen LogP contribution in [0.15, 0.2) is 40.1 Å². The molecule has 1 fully saturated rings. The quantitative estimate of drug-likeness (QED) is 0.488. The molecular weight excluding hydrogens is 438 g/mol. The minimum atomic E-state index is -1.19. The number of aromatic nitrogens is 2. The van der Waals surface area contributed by atoms with E-state index in [1.165, 1.54) is 12.1 Å². The molecule has 3 heterocycles. The number of piperidine rings is 1. The predicted octanol–water partition coefficient (Wildman–Crippen LogP) is 2.97. The van der Waals surface area contributed by atoms with Gasteiger partial charge >= 0.3 is 5.97 Å². The lowest BCUT2D eigenvalue weighted by molar-refractivity contribution is -0.0141. The normalized spacial score (nSPS) is 18.8. The van der Waals surface area contributed by atoms with Crippen LogP contribution in [0.1, 0.15) is 53.0 Å². The zero-order chi connectivity index (χ0) is 24.4. The Kier molecular flexibility index (Phi) is 6.85. The van der Waals surface area contributed by atoms with Crippen molar-refractivity contribution in [3.05, 3.63) is 73.4 Å². The minimum absolute atomic E-state index is 0.0233. The van der Waals surface area contributed by atoms with Crippen molar-refractivity contribution in [1.82, 2.24) is 14.9 Å². The fourth-order valence-corrected chi connectivity index (χ4v) is 4.86. The lowest BCUT2D eigenvalue weighted by Crippen LogP contribution is -2.41. The monoisotopic (exact) mass is 467 g/mol. The highest BCUT2D eigenvalue weighted by molar-refractivity contribution is 5.87. The van der Waals surface area contributed by atoms with E-state index in [-0.39, 0.29) is 23.3 Å². The molecule has 9 heteroatoms. The highest BCUT2D eigenvalue weighted by atomic mass is 16.5. The molecule has 0 amide bonds. The number of carbonyl (C=O) groups is 1. The number of aromatic amines is 2. The van der Waals surface area contributed by atoms with Gasteiger partial charge in [0.2, 0.25) is 0 Å². The summed E-state index contributed by atoms with van der Waals surface area (Å²) in [4.78, 5) is 44.8. The molecule has 3 aromatic rings. The van der Waals surface area contributed by atoms with Crippen molar-refractivity contribution in [3.63, 3.8) is 0 Å². The van der Waals surface area contributed by atoms with Gasteiger partial charge in [-0.15, -0.1) is 0 Å². The first-order valence-electron chi connectivity index (χ1n) is 11.3. The molecule has 180 valence electrons. The molecule has 1 saturated heterocycles. The molecule has 3 N–H and O–H groups in total. The molecule has 9 nitrogen and oxygen atoms in total. The number of H-pyrrole nitrogens is 2. The molecule has 0 bridgehead atoms. The zero-order valence-corrected chi connectivity index (χ0v) is 19.5. The van der Waals surface area contributed by atoms with Gasteiger partial charge in [-0.05, 0) is 50.5 Å². The largest absolute Gasteiger partial charge is 0.496 e. The maximum atomic E-state index is 12.9.